The average molecular weight is 282 g/mol. The first-order valence-corrected chi connectivity index (χ1v) is 6.85. The Morgan fingerprint density at radius 1 is 1.50 bits per heavy atom. The minimum Gasteiger partial charge on any atom is -0.444 e. The van der Waals surface area contributed by atoms with E-state index in [0.29, 0.717) is 18.9 Å². The van der Waals surface area contributed by atoms with Crippen LogP contribution in [0.4, 0.5) is 4.79 Å². The Morgan fingerprint density at radius 2 is 2.20 bits per heavy atom. The highest BCUT2D eigenvalue weighted by Gasteiger charge is 2.39. The number of aliphatic hydroxyl groups is 1. The Labute approximate surface area is 118 Å². The molecule has 2 heterocycles. The number of ether oxygens (including phenoxy) is 1. The number of β-amino-alcohol motifs (C(OH)–C–C–N with tert-alkyl or cyclic N) is 1. The Bertz CT molecular complexity index is 480. The van der Waals surface area contributed by atoms with Crippen molar-refractivity contribution >= 4 is 6.09 Å². The fourth-order valence-corrected chi connectivity index (χ4v) is 2.32. The van der Waals surface area contributed by atoms with Crippen LogP contribution < -0.4 is 0 Å². The van der Waals surface area contributed by atoms with Crippen LogP contribution in [-0.4, -0.2) is 55.7 Å². The van der Waals surface area contributed by atoms with Gasteiger partial charge in [0.05, 0.1) is 18.6 Å². The predicted molar refractivity (Wildman–Crippen MR) is 72.3 cm³/mol. The van der Waals surface area contributed by atoms with Crippen molar-refractivity contribution < 1.29 is 14.6 Å². The quantitative estimate of drug-likeness (QED) is 0.875. The van der Waals surface area contributed by atoms with E-state index in [9.17, 15) is 9.90 Å². The van der Waals surface area contributed by atoms with Gasteiger partial charge in [-0.15, -0.1) is 0 Å². The van der Waals surface area contributed by atoms with E-state index in [1.165, 1.54) is 11.2 Å². The van der Waals surface area contributed by atoms with Gasteiger partial charge in [-0.2, -0.15) is 5.10 Å². The molecule has 0 aromatic carbocycles. The molecule has 20 heavy (non-hydrogen) atoms. The van der Waals surface area contributed by atoms with Crippen LogP contribution in [0.3, 0.4) is 0 Å². The third-order valence-electron chi connectivity index (χ3n) is 3.22. The highest BCUT2D eigenvalue weighted by atomic mass is 16.6. The molecule has 0 spiro atoms. The molecule has 1 amide bonds. The first kappa shape index (κ1) is 14.8. The molecule has 0 bridgehead atoms. The number of nitrogens with zero attached hydrogens (tertiary/aromatic N) is 4. The largest absolute Gasteiger partial charge is 0.444 e. The maximum absolute atomic E-state index is 12.0. The van der Waals surface area contributed by atoms with E-state index >= 15 is 0 Å². The van der Waals surface area contributed by atoms with Crippen molar-refractivity contribution in [3.63, 3.8) is 0 Å². The molecule has 1 aromatic rings. The number of hydrogen-bond acceptors (Lipinski definition) is 5. The second-order valence-electron chi connectivity index (χ2n) is 5.99. The summed E-state index contributed by atoms with van der Waals surface area (Å²) in [6.45, 7) is 8.77. The Balaban J connectivity index is 2.08. The van der Waals surface area contributed by atoms with Crippen molar-refractivity contribution in [3.05, 3.63) is 12.2 Å². The van der Waals surface area contributed by atoms with Crippen LogP contribution >= 0.6 is 0 Å². The molecule has 1 saturated heterocycles. The molecular formula is C13H22N4O3. The maximum Gasteiger partial charge on any atom is 0.410 e. The summed E-state index contributed by atoms with van der Waals surface area (Å²) < 4.78 is 7.07. The highest BCUT2D eigenvalue weighted by molar-refractivity contribution is 5.68. The lowest BCUT2D eigenvalue weighted by atomic mass is 10.1. The van der Waals surface area contributed by atoms with Crippen molar-refractivity contribution in [2.45, 2.75) is 51.9 Å². The maximum atomic E-state index is 12.0. The number of aryl methyl sites for hydroxylation is 1. The Kier molecular flexibility index (Phi) is 3.99. The van der Waals surface area contributed by atoms with E-state index in [-0.39, 0.29) is 12.5 Å². The molecule has 1 fully saturated rings. The monoisotopic (exact) mass is 282 g/mol. The molecular weight excluding hydrogens is 260 g/mol. The van der Waals surface area contributed by atoms with E-state index in [4.69, 9.17) is 4.74 Å². The van der Waals surface area contributed by atoms with Gasteiger partial charge in [-0.3, -0.25) is 0 Å². The molecule has 7 nitrogen and oxygen atoms in total. The van der Waals surface area contributed by atoms with Crippen LogP contribution in [0.25, 0.3) is 0 Å². The fraction of sp³-hybridized carbons (Fsp3) is 0.769. The van der Waals surface area contributed by atoms with Crippen LogP contribution in [0.5, 0.6) is 0 Å². The Hall–Kier alpha value is -1.63. The zero-order valence-electron chi connectivity index (χ0n) is 12.4. The van der Waals surface area contributed by atoms with E-state index < -0.39 is 17.8 Å². The highest BCUT2D eigenvalue weighted by Crippen LogP contribution is 2.27. The molecule has 0 unspecified atom stereocenters. The van der Waals surface area contributed by atoms with Crippen LogP contribution in [0, 0.1) is 0 Å². The van der Waals surface area contributed by atoms with E-state index in [1.54, 1.807) is 4.68 Å². The van der Waals surface area contributed by atoms with Crippen LogP contribution in [0.2, 0.25) is 0 Å². The van der Waals surface area contributed by atoms with Gasteiger partial charge in [-0.1, -0.05) is 0 Å². The first-order valence-electron chi connectivity index (χ1n) is 6.85. The minimum atomic E-state index is -0.642. The molecule has 0 saturated carbocycles. The predicted octanol–water partition coefficient (Wildman–Crippen LogP) is 0.993. The van der Waals surface area contributed by atoms with E-state index in [2.05, 4.69) is 10.1 Å². The van der Waals surface area contributed by atoms with E-state index in [1.807, 2.05) is 27.7 Å². The van der Waals surface area contributed by atoms with Crippen molar-refractivity contribution in [3.8, 4) is 0 Å². The molecule has 1 aliphatic heterocycles. The number of aromatic nitrogens is 3. The van der Waals surface area contributed by atoms with Gasteiger partial charge in [0.1, 0.15) is 17.8 Å². The number of hydrogen-bond donors (Lipinski definition) is 1. The standard InChI is InChI=1S/C13H22N4O3/c1-5-17-11(14-8-15-17)9-6-16(7-10(9)18)12(19)20-13(2,3)4/h8-10,18H,5-7H2,1-4H3/t9-,10-/m1/s1. The molecule has 1 N–H and O–H groups in total. The number of carbonyl (C=O) groups is 1. The molecule has 7 heteroatoms. The molecule has 2 rings (SSSR count). The lowest BCUT2D eigenvalue weighted by Gasteiger charge is -2.24. The summed E-state index contributed by atoms with van der Waals surface area (Å²) in [5.74, 6) is 0.496. The summed E-state index contributed by atoms with van der Waals surface area (Å²) in [7, 11) is 0. The van der Waals surface area contributed by atoms with Gasteiger partial charge in [-0.25, -0.2) is 14.5 Å². The summed E-state index contributed by atoms with van der Waals surface area (Å²) in [5, 5.41) is 14.3. The fourth-order valence-electron chi connectivity index (χ4n) is 2.32. The summed E-state index contributed by atoms with van der Waals surface area (Å²) >= 11 is 0. The molecule has 0 aliphatic carbocycles. The molecule has 1 aliphatic rings. The summed E-state index contributed by atoms with van der Waals surface area (Å²) in [6, 6.07) is 0. The topological polar surface area (TPSA) is 80.5 Å². The molecule has 0 radical (unpaired) electrons. The zero-order chi connectivity index (χ0) is 14.9. The lowest BCUT2D eigenvalue weighted by Crippen LogP contribution is -2.35. The third kappa shape index (κ3) is 3.09. The molecule has 1 aromatic heterocycles. The third-order valence-corrected chi connectivity index (χ3v) is 3.22. The van der Waals surface area contributed by atoms with Gasteiger partial charge in [0, 0.05) is 13.1 Å². The number of aliphatic hydroxyl groups excluding tert-OH is 1. The van der Waals surface area contributed by atoms with Crippen molar-refractivity contribution in [2.24, 2.45) is 0 Å². The van der Waals surface area contributed by atoms with Crippen molar-refractivity contribution in [1.82, 2.24) is 19.7 Å². The first-order chi connectivity index (χ1) is 9.31. The van der Waals surface area contributed by atoms with Gasteiger partial charge in [0.15, 0.2) is 0 Å². The smallest absolute Gasteiger partial charge is 0.410 e. The second-order valence-corrected chi connectivity index (χ2v) is 5.99. The summed E-state index contributed by atoms with van der Waals surface area (Å²) in [5.41, 5.74) is -0.538. The zero-order valence-corrected chi connectivity index (χ0v) is 12.4. The average Bonchev–Trinajstić information content (AvgIpc) is 2.92. The van der Waals surface area contributed by atoms with Crippen LogP contribution in [0.15, 0.2) is 6.33 Å². The van der Waals surface area contributed by atoms with Gasteiger partial charge in [0.25, 0.3) is 0 Å². The van der Waals surface area contributed by atoms with Gasteiger partial charge in [0.2, 0.25) is 0 Å². The number of rotatable bonds is 2. The summed E-state index contributed by atoms with van der Waals surface area (Å²) in [6.07, 6.45) is 0.431. The second kappa shape index (κ2) is 5.40. The minimum absolute atomic E-state index is 0.218. The normalized spacial score (nSPS) is 23.1. The van der Waals surface area contributed by atoms with Gasteiger partial charge in [-0.05, 0) is 27.7 Å². The van der Waals surface area contributed by atoms with Crippen molar-refractivity contribution in [2.75, 3.05) is 13.1 Å². The van der Waals surface area contributed by atoms with Gasteiger partial charge < -0.3 is 14.7 Å². The molecule has 112 valence electrons. The Morgan fingerprint density at radius 3 is 2.80 bits per heavy atom. The van der Waals surface area contributed by atoms with Crippen LogP contribution in [0.1, 0.15) is 39.4 Å². The molecule has 2 atom stereocenters. The van der Waals surface area contributed by atoms with E-state index in [0.717, 1.165) is 0 Å². The SMILES string of the molecule is CCn1ncnc1[C@@H]1CN(C(=O)OC(C)(C)C)C[C@H]1O. The lowest BCUT2D eigenvalue weighted by molar-refractivity contribution is 0.0270. The summed E-state index contributed by atoms with van der Waals surface area (Å²) in [4.78, 5) is 17.7. The van der Waals surface area contributed by atoms with Crippen molar-refractivity contribution in [1.29, 1.82) is 0 Å². The van der Waals surface area contributed by atoms with Gasteiger partial charge >= 0.3 is 6.09 Å². The number of amides is 1. The van der Waals surface area contributed by atoms with Crippen LogP contribution in [-0.2, 0) is 11.3 Å². The number of likely N-dealkylation sites (tertiary alicyclic amines) is 1. The number of carbonyl (C=O) groups excluding carboxylic acids is 1.